The Morgan fingerprint density at radius 3 is 2.31 bits per heavy atom. The molecular weight excluding hydrogens is 252 g/mol. The summed E-state index contributed by atoms with van der Waals surface area (Å²) in [6.07, 6.45) is 0. The number of nitrogens with one attached hydrogen (secondary N) is 1. The number of carbonyl (C=O) groups excluding carboxylic acids is 1. The molecule has 2 amide bonds. The topological polar surface area (TPSA) is 66.5 Å². The lowest BCUT2D eigenvalue weighted by molar-refractivity contribution is 0.200. The van der Waals surface area contributed by atoms with Crippen molar-refractivity contribution in [3.8, 4) is 0 Å². The third kappa shape index (κ3) is 3.25. The lowest BCUT2D eigenvalue weighted by Gasteiger charge is -2.22. The highest BCUT2D eigenvalue weighted by molar-refractivity contribution is 7.91. The van der Waals surface area contributed by atoms with Gasteiger partial charge in [0.2, 0.25) is 0 Å². The molecule has 1 N–H and O–H groups in total. The molecule has 0 aromatic heterocycles. The van der Waals surface area contributed by atoms with E-state index in [2.05, 4.69) is 5.32 Å². The summed E-state index contributed by atoms with van der Waals surface area (Å²) in [4.78, 5) is 13.3. The molecule has 2 atom stereocenters. The zero-order valence-electron chi connectivity index (χ0n) is 9.44. The molecule has 0 bridgehead atoms. The van der Waals surface area contributed by atoms with Gasteiger partial charge < -0.3 is 10.2 Å². The van der Waals surface area contributed by atoms with Gasteiger partial charge in [-0.05, 0) is 13.8 Å². The fraction of sp³-hybridized carbons (Fsp3) is 0.889. The van der Waals surface area contributed by atoms with Crippen molar-refractivity contribution in [3.05, 3.63) is 0 Å². The van der Waals surface area contributed by atoms with Gasteiger partial charge in [-0.15, -0.1) is 11.6 Å². The maximum absolute atomic E-state index is 11.7. The zero-order valence-corrected chi connectivity index (χ0v) is 11.0. The fourth-order valence-electron chi connectivity index (χ4n) is 1.70. The maximum atomic E-state index is 11.7. The average Bonchev–Trinajstić information content (AvgIpc) is 2.41. The number of amides is 2. The van der Waals surface area contributed by atoms with Gasteiger partial charge >= 0.3 is 6.03 Å². The molecule has 7 heteroatoms. The highest BCUT2D eigenvalue weighted by Crippen LogP contribution is 2.18. The zero-order chi connectivity index (χ0) is 12.3. The van der Waals surface area contributed by atoms with Gasteiger partial charge in [-0.25, -0.2) is 13.2 Å². The van der Waals surface area contributed by atoms with Crippen molar-refractivity contribution >= 4 is 27.5 Å². The molecule has 0 spiro atoms. The van der Waals surface area contributed by atoms with E-state index in [9.17, 15) is 13.2 Å². The molecule has 0 saturated carbocycles. The Kier molecular flexibility index (Phi) is 4.43. The molecule has 1 rings (SSSR count). The number of carbonyl (C=O) groups is 1. The van der Waals surface area contributed by atoms with Crippen molar-refractivity contribution in [2.75, 3.05) is 24.6 Å². The predicted octanol–water partition coefficient (Wildman–Crippen LogP) is 0.442. The van der Waals surface area contributed by atoms with Crippen molar-refractivity contribution in [2.24, 2.45) is 0 Å². The first-order chi connectivity index (χ1) is 7.39. The first-order valence-electron chi connectivity index (χ1n) is 5.29. The van der Waals surface area contributed by atoms with Gasteiger partial charge in [0.25, 0.3) is 0 Å². The molecule has 5 nitrogen and oxygen atoms in total. The number of urea groups is 1. The number of hydrogen-bond acceptors (Lipinski definition) is 3. The Balaban J connectivity index is 2.59. The number of rotatable bonds is 3. The molecule has 2 unspecified atom stereocenters. The Labute approximate surface area is 101 Å². The van der Waals surface area contributed by atoms with E-state index < -0.39 is 21.3 Å². The highest BCUT2D eigenvalue weighted by atomic mass is 35.5. The number of alkyl halides is 1. The Morgan fingerprint density at radius 1 is 1.38 bits per heavy atom. The molecule has 1 saturated heterocycles. The predicted molar refractivity (Wildman–Crippen MR) is 63.5 cm³/mol. The quantitative estimate of drug-likeness (QED) is 0.756. The van der Waals surface area contributed by atoms with Crippen LogP contribution in [0.3, 0.4) is 0 Å². The van der Waals surface area contributed by atoms with Gasteiger partial charge in [0.05, 0.1) is 22.9 Å². The van der Waals surface area contributed by atoms with Crippen LogP contribution in [0.5, 0.6) is 0 Å². The largest absolute Gasteiger partial charge is 0.333 e. The summed E-state index contributed by atoms with van der Waals surface area (Å²) in [5.74, 6) is -0.119. The molecule has 94 valence electrons. The summed E-state index contributed by atoms with van der Waals surface area (Å²) >= 11 is 5.89. The number of sulfone groups is 1. The summed E-state index contributed by atoms with van der Waals surface area (Å²) in [5, 5.41) is 2.14. The molecule has 1 aliphatic heterocycles. The summed E-state index contributed by atoms with van der Waals surface area (Å²) in [6.45, 7) is 4.92. The summed E-state index contributed by atoms with van der Waals surface area (Å²) in [6, 6.07) is -0.725. The minimum absolute atomic E-state index is 0.0578. The Morgan fingerprint density at radius 2 is 1.94 bits per heavy atom. The smallest absolute Gasteiger partial charge is 0.317 e. The molecule has 1 aliphatic rings. The van der Waals surface area contributed by atoms with E-state index in [-0.39, 0.29) is 17.5 Å². The van der Waals surface area contributed by atoms with Crippen LogP contribution in [0.2, 0.25) is 0 Å². The van der Waals surface area contributed by atoms with E-state index in [1.807, 2.05) is 13.8 Å². The molecule has 16 heavy (non-hydrogen) atoms. The van der Waals surface area contributed by atoms with E-state index in [1.54, 1.807) is 4.90 Å². The van der Waals surface area contributed by atoms with Crippen molar-refractivity contribution in [3.63, 3.8) is 0 Å². The van der Waals surface area contributed by atoms with E-state index in [0.717, 1.165) is 0 Å². The molecule has 0 aromatic rings. The molecule has 0 aromatic carbocycles. The van der Waals surface area contributed by atoms with Crippen LogP contribution in [0.4, 0.5) is 4.79 Å². The summed E-state index contributed by atoms with van der Waals surface area (Å²) in [5.41, 5.74) is 0. The number of halogens is 1. The van der Waals surface area contributed by atoms with E-state index in [4.69, 9.17) is 11.6 Å². The van der Waals surface area contributed by atoms with Crippen LogP contribution in [0.25, 0.3) is 0 Å². The minimum atomic E-state index is -3.09. The Bertz CT molecular complexity index is 354. The van der Waals surface area contributed by atoms with Gasteiger partial charge in [0.15, 0.2) is 9.84 Å². The minimum Gasteiger partial charge on any atom is -0.333 e. The van der Waals surface area contributed by atoms with Crippen molar-refractivity contribution < 1.29 is 13.2 Å². The highest BCUT2D eigenvalue weighted by Gasteiger charge is 2.37. The molecule has 0 radical (unpaired) electrons. The summed E-state index contributed by atoms with van der Waals surface area (Å²) in [7, 11) is -3.09. The van der Waals surface area contributed by atoms with Gasteiger partial charge in [-0.1, -0.05) is 0 Å². The average molecular weight is 269 g/mol. The van der Waals surface area contributed by atoms with E-state index in [1.165, 1.54) is 0 Å². The van der Waals surface area contributed by atoms with Crippen LogP contribution in [-0.4, -0.2) is 55.4 Å². The fourth-order valence-corrected chi connectivity index (χ4v) is 4.25. The van der Waals surface area contributed by atoms with Crippen LogP contribution >= 0.6 is 11.6 Å². The number of hydrogen-bond donors (Lipinski definition) is 1. The second-order valence-corrected chi connectivity index (χ2v) is 6.54. The third-order valence-corrected chi connectivity index (χ3v) is 5.02. The SMILES string of the molecule is CCN(CC)C(=O)NC1CS(=O)(=O)CC1Cl. The van der Waals surface area contributed by atoms with Gasteiger partial charge in [-0.2, -0.15) is 0 Å². The van der Waals surface area contributed by atoms with Crippen LogP contribution in [0.15, 0.2) is 0 Å². The lowest BCUT2D eigenvalue weighted by atomic mass is 10.2. The summed E-state index contributed by atoms with van der Waals surface area (Å²) < 4.78 is 22.6. The molecule has 0 aliphatic carbocycles. The monoisotopic (exact) mass is 268 g/mol. The molecule has 1 heterocycles. The normalized spacial score (nSPS) is 27.7. The van der Waals surface area contributed by atoms with Crippen LogP contribution in [-0.2, 0) is 9.84 Å². The third-order valence-electron chi connectivity index (χ3n) is 2.64. The van der Waals surface area contributed by atoms with E-state index in [0.29, 0.717) is 13.1 Å². The molecule has 1 fully saturated rings. The van der Waals surface area contributed by atoms with Gasteiger partial charge in [0.1, 0.15) is 0 Å². The van der Waals surface area contributed by atoms with Crippen molar-refractivity contribution in [1.29, 1.82) is 0 Å². The van der Waals surface area contributed by atoms with Crippen LogP contribution in [0, 0.1) is 0 Å². The first kappa shape index (κ1) is 13.6. The maximum Gasteiger partial charge on any atom is 0.317 e. The number of nitrogens with zero attached hydrogens (tertiary/aromatic N) is 1. The van der Waals surface area contributed by atoms with Crippen LogP contribution in [0.1, 0.15) is 13.8 Å². The molecular formula is C9H17ClN2O3S. The Hall–Kier alpha value is -0.490. The standard InChI is InChI=1S/C9H17ClN2O3S/c1-3-12(4-2)9(13)11-8-6-16(14,15)5-7(8)10/h7-8H,3-6H2,1-2H3,(H,11,13). The first-order valence-corrected chi connectivity index (χ1v) is 7.55. The second kappa shape index (κ2) is 5.23. The van der Waals surface area contributed by atoms with Crippen molar-refractivity contribution in [1.82, 2.24) is 10.2 Å². The van der Waals surface area contributed by atoms with Gasteiger partial charge in [0, 0.05) is 13.1 Å². The van der Waals surface area contributed by atoms with Crippen LogP contribution < -0.4 is 5.32 Å². The lowest BCUT2D eigenvalue weighted by Crippen LogP contribution is -2.47. The van der Waals surface area contributed by atoms with Crippen molar-refractivity contribution in [2.45, 2.75) is 25.3 Å². The second-order valence-electron chi connectivity index (χ2n) is 3.82. The van der Waals surface area contributed by atoms with Gasteiger partial charge in [-0.3, -0.25) is 0 Å². The van der Waals surface area contributed by atoms with E-state index >= 15 is 0 Å².